The van der Waals surface area contributed by atoms with E-state index in [2.05, 4.69) is 10.0 Å². The van der Waals surface area contributed by atoms with Gasteiger partial charge in [-0.1, -0.05) is 12.5 Å². The minimum absolute atomic E-state index is 0.0138. The molecule has 0 aromatic heterocycles. The van der Waals surface area contributed by atoms with Gasteiger partial charge in [-0.3, -0.25) is 4.72 Å². The van der Waals surface area contributed by atoms with Crippen LogP contribution in [0.3, 0.4) is 0 Å². The van der Waals surface area contributed by atoms with Gasteiger partial charge in [-0.15, -0.1) is 0 Å². The molecule has 19 heavy (non-hydrogen) atoms. The molecule has 0 spiro atoms. The molecule has 2 rings (SSSR count). The largest absolute Gasteiger partial charge is 0.313 e. The van der Waals surface area contributed by atoms with Crippen molar-refractivity contribution in [2.24, 2.45) is 0 Å². The van der Waals surface area contributed by atoms with Gasteiger partial charge < -0.3 is 5.32 Å². The molecule has 106 valence electrons. The predicted octanol–water partition coefficient (Wildman–Crippen LogP) is 2.02. The van der Waals surface area contributed by atoms with Crippen molar-refractivity contribution < 1.29 is 12.8 Å². The Hall–Kier alpha value is -1.14. The number of hydrogen-bond acceptors (Lipinski definition) is 3. The van der Waals surface area contributed by atoms with Crippen LogP contribution in [-0.2, 0) is 10.0 Å². The lowest BCUT2D eigenvalue weighted by Crippen LogP contribution is -2.40. The van der Waals surface area contributed by atoms with Crippen LogP contribution in [0.1, 0.15) is 24.8 Å². The lowest BCUT2D eigenvalue weighted by atomic mass is 10.1. The van der Waals surface area contributed by atoms with E-state index in [0.29, 0.717) is 11.3 Å². The summed E-state index contributed by atoms with van der Waals surface area (Å²) >= 11 is 0. The van der Waals surface area contributed by atoms with E-state index in [0.717, 1.165) is 25.8 Å². The topological polar surface area (TPSA) is 58.2 Å². The first-order valence-corrected chi connectivity index (χ1v) is 8.12. The van der Waals surface area contributed by atoms with Crippen LogP contribution in [0.5, 0.6) is 0 Å². The summed E-state index contributed by atoms with van der Waals surface area (Å²) in [5.41, 5.74) is 0.637. The summed E-state index contributed by atoms with van der Waals surface area (Å²) < 4.78 is 39.9. The molecule has 0 saturated carbocycles. The van der Waals surface area contributed by atoms with Crippen LogP contribution in [0.2, 0.25) is 0 Å². The van der Waals surface area contributed by atoms with Gasteiger partial charge in [-0.25, -0.2) is 12.8 Å². The quantitative estimate of drug-likeness (QED) is 0.890. The first-order valence-electron chi connectivity index (χ1n) is 6.47. The summed E-state index contributed by atoms with van der Waals surface area (Å²) in [6.07, 6.45) is 3.00. The molecule has 1 aromatic rings. The number of anilines is 1. The van der Waals surface area contributed by atoms with Gasteiger partial charge in [-0.2, -0.15) is 0 Å². The molecular weight excluding hydrogens is 267 g/mol. The van der Waals surface area contributed by atoms with Gasteiger partial charge >= 0.3 is 0 Å². The molecule has 0 amide bonds. The molecule has 0 bridgehead atoms. The van der Waals surface area contributed by atoms with E-state index < -0.39 is 15.8 Å². The van der Waals surface area contributed by atoms with Gasteiger partial charge in [0.1, 0.15) is 5.82 Å². The highest BCUT2D eigenvalue weighted by Gasteiger charge is 2.21. The zero-order valence-corrected chi connectivity index (χ0v) is 11.8. The third kappa shape index (κ3) is 3.91. The molecule has 1 saturated heterocycles. The molecule has 2 N–H and O–H groups in total. The Kier molecular flexibility index (Phi) is 4.42. The standard InChI is InChI=1S/C13H19FN2O2S/c1-10-12(14)6-4-7-13(10)16-19(17,18)9-11-5-2-3-8-15-11/h4,6-7,11,15-16H,2-3,5,8-9H2,1H3. The summed E-state index contributed by atoms with van der Waals surface area (Å²) in [5.74, 6) is -0.376. The van der Waals surface area contributed by atoms with E-state index in [1.54, 1.807) is 13.0 Å². The summed E-state index contributed by atoms with van der Waals surface area (Å²) in [6, 6.07) is 4.37. The molecule has 4 nitrogen and oxygen atoms in total. The van der Waals surface area contributed by atoms with Gasteiger partial charge in [-0.05, 0) is 38.4 Å². The van der Waals surface area contributed by atoms with Crippen LogP contribution >= 0.6 is 0 Å². The second-order valence-corrected chi connectivity index (χ2v) is 6.71. The molecule has 1 aliphatic rings. The SMILES string of the molecule is Cc1c(F)cccc1NS(=O)(=O)CC1CCCCN1. The van der Waals surface area contributed by atoms with Crippen molar-refractivity contribution >= 4 is 15.7 Å². The second-order valence-electron chi connectivity index (χ2n) is 4.94. The van der Waals surface area contributed by atoms with E-state index >= 15 is 0 Å². The van der Waals surface area contributed by atoms with Crippen molar-refractivity contribution in [1.29, 1.82) is 0 Å². The number of benzene rings is 1. The average molecular weight is 286 g/mol. The molecule has 1 unspecified atom stereocenters. The molecular formula is C13H19FN2O2S. The van der Waals surface area contributed by atoms with Gasteiger partial charge in [0.15, 0.2) is 0 Å². The minimum Gasteiger partial charge on any atom is -0.313 e. The van der Waals surface area contributed by atoms with Crippen molar-refractivity contribution in [2.75, 3.05) is 17.0 Å². The number of rotatable bonds is 4. The highest BCUT2D eigenvalue weighted by Crippen LogP contribution is 2.19. The lowest BCUT2D eigenvalue weighted by molar-refractivity contribution is 0.424. The maximum atomic E-state index is 13.4. The summed E-state index contributed by atoms with van der Waals surface area (Å²) in [4.78, 5) is 0. The van der Waals surface area contributed by atoms with Crippen LogP contribution in [0.25, 0.3) is 0 Å². The molecule has 1 aromatic carbocycles. The zero-order valence-electron chi connectivity index (χ0n) is 10.9. The number of hydrogen-bond donors (Lipinski definition) is 2. The number of piperidine rings is 1. The Morgan fingerprint density at radius 1 is 1.42 bits per heavy atom. The van der Waals surface area contributed by atoms with Crippen LogP contribution < -0.4 is 10.0 Å². The fourth-order valence-electron chi connectivity index (χ4n) is 2.26. The Bertz CT molecular complexity index is 540. The Morgan fingerprint density at radius 3 is 2.89 bits per heavy atom. The summed E-state index contributed by atoms with van der Waals surface area (Å²) in [5, 5.41) is 3.19. The van der Waals surface area contributed by atoms with Crippen molar-refractivity contribution in [3.8, 4) is 0 Å². The fraction of sp³-hybridized carbons (Fsp3) is 0.538. The lowest BCUT2D eigenvalue weighted by Gasteiger charge is -2.23. The third-order valence-electron chi connectivity index (χ3n) is 3.37. The molecule has 6 heteroatoms. The van der Waals surface area contributed by atoms with Crippen molar-refractivity contribution in [3.05, 3.63) is 29.6 Å². The highest BCUT2D eigenvalue weighted by molar-refractivity contribution is 7.92. The van der Waals surface area contributed by atoms with Gasteiger partial charge in [0.05, 0.1) is 11.4 Å². The number of halogens is 1. The van der Waals surface area contributed by atoms with Crippen LogP contribution in [-0.4, -0.2) is 26.8 Å². The Balaban J connectivity index is 2.06. The monoisotopic (exact) mass is 286 g/mol. The second kappa shape index (κ2) is 5.88. The predicted molar refractivity (Wildman–Crippen MR) is 74.2 cm³/mol. The molecule has 0 radical (unpaired) electrons. The van der Waals surface area contributed by atoms with Crippen LogP contribution in [0, 0.1) is 12.7 Å². The van der Waals surface area contributed by atoms with E-state index in [-0.39, 0.29) is 11.8 Å². The number of nitrogens with one attached hydrogen (secondary N) is 2. The van der Waals surface area contributed by atoms with Crippen molar-refractivity contribution in [1.82, 2.24) is 5.32 Å². The van der Waals surface area contributed by atoms with Gasteiger partial charge in [0.25, 0.3) is 0 Å². The number of sulfonamides is 1. The molecule has 1 fully saturated rings. The van der Waals surface area contributed by atoms with E-state index in [1.807, 2.05) is 0 Å². The minimum atomic E-state index is -3.45. The van der Waals surface area contributed by atoms with E-state index in [9.17, 15) is 12.8 Å². The van der Waals surface area contributed by atoms with Crippen LogP contribution in [0.15, 0.2) is 18.2 Å². The zero-order chi connectivity index (χ0) is 13.9. The summed E-state index contributed by atoms with van der Waals surface area (Å²) in [6.45, 7) is 2.42. The molecule has 1 atom stereocenters. The van der Waals surface area contributed by atoms with Crippen molar-refractivity contribution in [2.45, 2.75) is 32.2 Å². The maximum absolute atomic E-state index is 13.4. The Morgan fingerprint density at radius 2 is 2.21 bits per heavy atom. The van der Waals surface area contributed by atoms with Crippen LogP contribution in [0.4, 0.5) is 10.1 Å². The first-order chi connectivity index (χ1) is 8.98. The average Bonchev–Trinajstić information content (AvgIpc) is 2.35. The van der Waals surface area contributed by atoms with E-state index in [4.69, 9.17) is 0 Å². The summed E-state index contributed by atoms with van der Waals surface area (Å²) in [7, 11) is -3.45. The normalized spacial score (nSPS) is 20.2. The maximum Gasteiger partial charge on any atom is 0.234 e. The first kappa shape index (κ1) is 14.3. The molecule has 1 heterocycles. The fourth-order valence-corrected chi connectivity index (χ4v) is 3.71. The molecule has 0 aliphatic carbocycles. The van der Waals surface area contributed by atoms with Gasteiger partial charge in [0.2, 0.25) is 10.0 Å². The Labute approximate surface area is 113 Å². The van der Waals surface area contributed by atoms with Gasteiger partial charge in [0, 0.05) is 11.6 Å². The van der Waals surface area contributed by atoms with Crippen molar-refractivity contribution in [3.63, 3.8) is 0 Å². The third-order valence-corrected chi connectivity index (χ3v) is 4.74. The highest BCUT2D eigenvalue weighted by atomic mass is 32.2. The molecule has 1 aliphatic heterocycles. The van der Waals surface area contributed by atoms with E-state index in [1.165, 1.54) is 12.1 Å². The smallest absolute Gasteiger partial charge is 0.234 e.